The zero-order chi connectivity index (χ0) is 39.3. The summed E-state index contributed by atoms with van der Waals surface area (Å²) in [5.41, 5.74) is 0. The summed E-state index contributed by atoms with van der Waals surface area (Å²) in [4.78, 5) is 12.7. The minimum atomic E-state index is -1.55. The lowest BCUT2D eigenvalue weighted by atomic mass is 9.99. The van der Waals surface area contributed by atoms with Crippen molar-refractivity contribution in [2.45, 2.75) is 166 Å². The van der Waals surface area contributed by atoms with Crippen LogP contribution < -0.4 is 0 Å². The van der Waals surface area contributed by atoms with Crippen LogP contribution in [0.3, 0.4) is 0 Å². The minimum absolute atomic E-state index is 0.117. The van der Waals surface area contributed by atoms with Crippen LogP contribution >= 0.6 is 0 Å². The molecule has 1 fully saturated rings. The van der Waals surface area contributed by atoms with Gasteiger partial charge >= 0.3 is 5.97 Å². The first kappa shape index (κ1) is 49.4. The molecule has 1 aliphatic rings. The molecule has 0 aromatic rings. The van der Waals surface area contributed by atoms with Gasteiger partial charge in [-0.2, -0.15) is 0 Å². The van der Waals surface area contributed by atoms with E-state index < -0.39 is 43.4 Å². The summed E-state index contributed by atoms with van der Waals surface area (Å²) in [5.74, 6) is -0.376. The second-order valence-electron chi connectivity index (χ2n) is 13.7. The van der Waals surface area contributed by atoms with Crippen molar-refractivity contribution in [1.29, 1.82) is 0 Å². The first-order valence-electron chi connectivity index (χ1n) is 20.7. The molecule has 0 bridgehead atoms. The molecule has 0 saturated carbocycles. The second kappa shape index (κ2) is 36.0. The van der Waals surface area contributed by atoms with Crippen molar-refractivity contribution in [3.8, 4) is 0 Å². The highest BCUT2D eigenvalue weighted by molar-refractivity contribution is 5.69. The molecule has 0 aromatic heterocycles. The number of carbonyl (C=O) groups excluding carboxylic acids is 1. The number of rotatable bonds is 33. The van der Waals surface area contributed by atoms with Crippen LogP contribution in [0, 0.1) is 0 Å². The van der Waals surface area contributed by atoms with Gasteiger partial charge in [0.15, 0.2) is 6.29 Å². The molecule has 1 rings (SSSR count). The second-order valence-corrected chi connectivity index (χ2v) is 13.7. The van der Waals surface area contributed by atoms with Crippen LogP contribution in [-0.2, 0) is 23.7 Å². The lowest BCUT2D eigenvalue weighted by molar-refractivity contribution is -0.305. The van der Waals surface area contributed by atoms with Crippen molar-refractivity contribution in [2.24, 2.45) is 0 Å². The van der Waals surface area contributed by atoms with Crippen LogP contribution in [0.4, 0.5) is 0 Å². The molecule has 4 N–H and O–H groups in total. The van der Waals surface area contributed by atoms with E-state index in [9.17, 15) is 25.2 Å². The third-order valence-corrected chi connectivity index (χ3v) is 8.83. The van der Waals surface area contributed by atoms with Crippen LogP contribution in [0.5, 0.6) is 0 Å². The maximum absolute atomic E-state index is 12.7. The van der Waals surface area contributed by atoms with Gasteiger partial charge in [0.1, 0.15) is 30.5 Å². The normalized spacial score (nSPS) is 21.8. The molecule has 1 aliphatic heterocycles. The third kappa shape index (κ3) is 27.0. The van der Waals surface area contributed by atoms with E-state index in [-0.39, 0.29) is 25.6 Å². The van der Waals surface area contributed by atoms with Crippen molar-refractivity contribution in [3.63, 3.8) is 0 Å². The van der Waals surface area contributed by atoms with Gasteiger partial charge < -0.3 is 39.4 Å². The maximum atomic E-state index is 12.7. The van der Waals surface area contributed by atoms with Crippen molar-refractivity contribution in [3.05, 3.63) is 85.1 Å². The van der Waals surface area contributed by atoms with Crippen molar-refractivity contribution < 1.29 is 44.2 Å². The maximum Gasteiger partial charge on any atom is 0.306 e. The molecule has 308 valence electrons. The van der Waals surface area contributed by atoms with E-state index in [4.69, 9.17) is 18.9 Å². The number of unbranched alkanes of at least 4 members (excludes halogenated alkanes) is 8. The fraction of sp³-hybridized carbons (Fsp3) is 0.667. The molecule has 1 heterocycles. The average molecular weight is 759 g/mol. The molecule has 9 heteroatoms. The number of carbonyl (C=O) groups is 1. The summed E-state index contributed by atoms with van der Waals surface area (Å²) in [5, 5.41) is 39.9. The van der Waals surface area contributed by atoms with Crippen LogP contribution in [0.2, 0.25) is 0 Å². The Morgan fingerprint density at radius 2 is 1.11 bits per heavy atom. The van der Waals surface area contributed by atoms with E-state index in [1.165, 1.54) is 38.5 Å². The standard InChI is InChI=1S/C45H74O9/c1-3-5-7-9-11-13-14-15-16-17-18-19-20-21-22-23-24-25-26-27-28-30-32-34-41(47)53-39(37-51-35-33-31-29-12-10-8-6-4-2)38-52-45-44(50)43(49)42(48)40(36-46)54-45/h5,7,11,13,15-16,18-19,21-22,24-25,27-28,39-40,42-46,48-50H,3-4,6,8-10,12,14,17,20,23,26,29-38H2,1-2H3/b7-5-,13-11-,16-15-,19-18-,22-21-,25-24-,28-27-. The van der Waals surface area contributed by atoms with Crippen LogP contribution in [0.15, 0.2) is 85.1 Å². The minimum Gasteiger partial charge on any atom is -0.457 e. The molecule has 0 aliphatic carbocycles. The molecule has 1 saturated heterocycles. The quantitative estimate of drug-likeness (QED) is 0.0295. The smallest absolute Gasteiger partial charge is 0.306 e. The van der Waals surface area contributed by atoms with Gasteiger partial charge in [0.05, 0.1) is 19.8 Å². The van der Waals surface area contributed by atoms with Crippen molar-refractivity contribution in [2.75, 3.05) is 26.4 Å². The molecular weight excluding hydrogens is 684 g/mol. The fourth-order valence-electron chi connectivity index (χ4n) is 5.60. The predicted octanol–water partition coefficient (Wildman–Crippen LogP) is 8.69. The molecule has 0 aromatic carbocycles. The van der Waals surface area contributed by atoms with Crippen molar-refractivity contribution in [1.82, 2.24) is 0 Å². The number of aliphatic hydroxyl groups excluding tert-OH is 4. The zero-order valence-electron chi connectivity index (χ0n) is 33.4. The number of hydrogen-bond donors (Lipinski definition) is 4. The van der Waals surface area contributed by atoms with Gasteiger partial charge in [-0.3, -0.25) is 4.79 Å². The Hall–Kier alpha value is -2.63. The Morgan fingerprint density at radius 3 is 1.63 bits per heavy atom. The van der Waals surface area contributed by atoms with Gasteiger partial charge in [-0.25, -0.2) is 0 Å². The van der Waals surface area contributed by atoms with Crippen LogP contribution in [0.25, 0.3) is 0 Å². The Balaban J connectivity index is 2.31. The molecule has 54 heavy (non-hydrogen) atoms. The number of hydrogen-bond acceptors (Lipinski definition) is 9. The van der Waals surface area contributed by atoms with Gasteiger partial charge in [-0.15, -0.1) is 0 Å². The van der Waals surface area contributed by atoms with Gasteiger partial charge in [0.25, 0.3) is 0 Å². The molecule has 6 unspecified atom stereocenters. The van der Waals surface area contributed by atoms with E-state index in [0.717, 1.165) is 64.2 Å². The van der Waals surface area contributed by atoms with Gasteiger partial charge in [0, 0.05) is 13.0 Å². The Bertz CT molecular complexity index is 1090. The van der Waals surface area contributed by atoms with Gasteiger partial charge in [0.2, 0.25) is 0 Å². The molecular formula is C45H74O9. The lowest BCUT2D eigenvalue weighted by Gasteiger charge is -2.39. The average Bonchev–Trinajstić information content (AvgIpc) is 3.17. The molecule has 6 atom stereocenters. The summed E-state index contributed by atoms with van der Waals surface area (Å²) in [6.07, 6.45) is 40.5. The van der Waals surface area contributed by atoms with Crippen LogP contribution in [-0.4, -0.2) is 89.6 Å². The topological polar surface area (TPSA) is 135 Å². The Kier molecular flexibility index (Phi) is 33.0. The summed E-state index contributed by atoms with van der Waals surface area (Å²) in [6, 6.07) is 0. The summed E-state index contributed by atoms with van der Waals surface area (Å²) < 4.78 is 22.6. The Morgan fingerprint density at radius 1 is 0.611 bits per heavy atom. The number of aliphatic hydroxyl groups is 4. The summed E-state index contributed by atoms with van der Waals surface area (Å²) in [7, 11) is 0. The van der Waals surface area contributed by atoms with Crippen LogP contribution in [0.1, 0.15) is 129 Å². The van der Waals surface area contributed by atoms with Gasteiger partial charge in [-0.1, -0.05) is 144 Å². The van der Waals surface area contributed by atoms with E-state index >= 15 is 0 Å². The first-order chi connectivity index (χ1) is 26.4. The highest BCUT2D eigenvalue weighted by Crippen LogP contribution is 2.22. The first-order valence-corrected chi connectivity index (χ1v) is 20.7. The molecule has 0 spiro atoms. The zero-order valence-corrected chi connectivity index (χ0v) is 33.4. The SMILES string of the molecule is CC/C=C\C/C=C\C/C=C\C/C=C\C/C=C\C/C=C\C/C=C\CCCC(=O)OC(COCCCCCCCCCC)COC1OC(CO)C(O)C(O)C1O. The molecule has 0 radical (unpaired) electrons. The number of esters is 1. The summed E-state index contributed by atoms with van der Waals surface area (Å²) in [6.45, 7) is 4.31. The fourth-order valence-corrected chi connectivity index (χ4v) is 5.60. The number of allylic oxidation sites excluding steroid dienone is 14. The molecule has 9 nitrogen and oxygen atoms in total. The molecule has 0 amide bonds. The monoisotopic (exact) mass is 759 g/mol. The third-order valence-electron chi connectivity index (χ3n) is 8.83. The van der Waals surface area contributed by atoms with Crippen molar-refractivity contribution >= 4 is 5.97 Å². The van der Waals surface area contributed by atoms with E-state index in [2.05, 4.69) is 98.9 Å². The number of ether oxygens (including phenoxy) is 4. The highest BCUT2D eigenvalue weighted by Gasteiger charge is 2.44. The predicted molar refractivity (Wildman–Crippen MR) is 219 cm³/mol. The Labute approximate surface area is 327 Å². The van der Waals surface area contributed by atoms with E-state index in [1.807, 2.05) is 0 Å². The lowest BCUT2D eigenvalue weighted by Crippen LogP contribution is -2.59. The largest absolute Gasteiger partial charge is 0.457 e. The highest BCUT2D eigenvalue weighted by atomic mass is 16.7. The summed E-state index contributed by atoms with van der Waals surface area (Å²) >= 11 is 0. The van der Waals surface area contributed by atoms with E-state index in [1.54, 1.807) is 0 Å². The van der Waals surface area contributed by atoms with Gasteiger partial charge in [-0.05, 0) is 64.2 Å². The van der Waals surface area contributed by atoms with E-state index in [0.29, 0.717) is 13.0 Å².